The van der Waals surface area contributed by atoms with E-state index >= 15 is 0 Å². The van der Waals surface area contributed by atoms with Gasteiger partial charge in [0.2, 0.25) is 0 Å². The van der Waals surface area contributed by atoms with Crippen molar-refractivity contribution < 1.29 is 0 Å². The molecule has 1 aromatic carbocycles. The summed E-state index contributed by atoms with van der Waals surface area (Å²) in [6, 6.07) is 10.3. The minimum atomic E-state index is 0.634. The van der Waals surface area contributed by atoms with Gasteiger partial charge in [-0.1, -0.05) is 60.2 Å². The van der Waals surface area contributed by atoms with Gasteiger partial charge in [0, 0.05) is 10.2 Å². The third kappa shape index (κ3) is 3.33. The normalized spacial score (nSPS) is 11.1. The molecule has 1 N–H and O–H groups in total. The number of nitrogens with one attached hydrogen (secondary N) is 1. The summed E-state index contributed by atoms with van der Waals surface area (Å²) in [6.07, 6.45) is 1.03. The predicted molar refractivity (Wildman–Crippen MR) is 81.4 cm³/mol. The summed E-state index contributed by atoms with van der Waals surface area (Å²) >= 11 is 8.95. The van der Waals surface area contributed by atoms with Gasteiger partial charge >= 0.3 is 0 Å². The number of halogens is 1. The quantitative estimate of drug-likeness (QED) is 0.818. The molecule has 0 bridgehead atoms. The zero-order valence-electron chi connectivity index (χ0n) is 10.6. The van der Waals surface area contributed by atoms with Gasteiger partial charge in [-0.2, -0.15) is 0 Å². The molecule has 0 aliphatic rings. The van der Waals surface area contributed by atoms with Gasteiger partial charge in [0.25, 0.3) is 0 Å². The summed E-state index contributed by atoms with van der Waals surface area (Å²) in [5.41, 5.74) is 2.44. The first-order valence-corrected chi connectivity index (χ1v) is 7.28. The van der Waals surface area contributed by atoms with Crippen molar-refractivity contribution in [3.63, 3.8) is 0 Å². The van der Waals surface area contributed by atoms with Crippen molar-refractivity contribution in [2.24, 2.45) is 5.92 Å². The SMILES string of the molecule is CC(C)Cc1cc(=S)n(Cc2ccccc2Br)[nH]1. The van der Waals surface area contributed by atoms with Crippen molar-refractivity contribution in [3.05, 3.63) is 50.7 Å². The van der Waals surface area contributed by atoms with Crippen LogP contribution in [0.4, 0.5) is 0 Å². The third-order valence-corrected chi connectivity index (χ3v) is 3.87. The van der Waals surface area contributed by atoms with Crippen LogP contribution < -0.4 is 0 Å². The van der Waals surface area contributed by atoms with Crippen LogP contribution in [0.3, 0.4) is 0 Å². The zero-order chi connectivity index (χ0) is 13.1. The highest BCUT2D eigenvalue weighted by atomic mass is 79.9. The van der Waals surface area contributed by atoms with Crippen molar-refractivity contribution in [2.45, 2.75) is 26.8 Å². The van der Waals surface area contributed by atoms with Crippen LogP contribution in [0.15, 0.2) is 34.8 Å². The number of hydrogen-bond donors (Lipinski definition) is 1. The monoisotopic (exact) mass is 324 g/mol. The van der Waals surface area contributed by atoms with Crippen LogP contribution in [0.5, 0.6) is 0 Å². The molecule has 4 heteroatoms. The lowest BCUT2D eigenvalue weighted by atomic mass is 10.1. The number of aromatic amines is 1. The fourth-order valence-corrected chi connectivity index (χ4v) is 2.61. The molecule has 0 saturated carbocycles. The van der Waals surface area contributed by atoms with E-state index in [-0.39, 0.29) is 0 Å². The van der Waals surface area contributed by atoms with E-state index < -0.39 is 0 Å². The third-order valence-electron chi connectivity index (χ3n) is 2.76. The molecule has 96 valence electrons. The molecule has 0 spiro atoms. The van der Waals surface area contributed by atoms with E-state index in [1.807, 2.05) is 16.8 Å². The molecular weight excluding hydrogens is 308 g/mol. The number of hydrogen-bond acceptors (Lipinski definition) is 1. The largest absolute Gasteiger partial charge is 0.301 e. The molecule has 2 aromatic rings. The highest BCUT2D eigenvalue weighted by molar-refractivity contribution is 9.10. The van der Waals surface area contributed by atoms with Gasteiger partial charge in [-0.3, -0.25) is 4.68 Å². The van der Waals surface area contributed by atoms with Crippen LogP contribution in [0.2, 0.25) is 0 Å². The van der Waals surface area contributed by atoms with Gasteiger partial charge in [0.15, 0.2) is 0 Å². The Morgan fingerprint density at radius 3 is 2.72 bits per heavy atom. The van der Waals surface area contributed by atoms with E-state index in [9.17, 15) is 0 Å². The lowest BCUT2D eigenvalue weighted by molar-refractivity contribution is 0.605. The summed E-state index contributed by atoms with van der Waals surface area (Å²) in [4.78, 5) is 0. The highest BCUT2D eigenvalue weighted by Gasteiger charge is 2.05. The topological polar surface area (TPSA) is 20.7 Å². The van der Waals surface area contributed by atoms with E-state index in [1.165, 1.54) is 11.3 Å². The molecule has 2 rings (SSSR count). The predicted octanol–water partition coefficient (Wildman–Crippen LogP) is 4.55. The molecule has 0 radical (unpaired) electrons. The molecule has 0 amide bonds. The van der Waals surface area contributed by atoms with Gasteiger partial charge in [-0.15, -0.1) is 0 Å². The number of H-pyrrole nitrogens is 1. The van der Waals surface area contributed by atoms with Crippen molar-refractivity contribution >= 4 is 28.1 Å². The van der Waals surface area contributed by atoms with Crippen LogP contribution in [0, 0.1) is 10.6 Å². The Bertz CT molecular complexity index is 583. The first kappa shape index (κ1) is 13.6. The van der Waals surface area contributed by atoms with Crippen LogP contribution in [0.1, 0.15) is 25.1 Å². The fraction of sp³-hybridized carbons (Fsp3) is 0.357. The van der Waals surface area contributed by atoms with Gasteiger partial charge < -0.3 is 5.10 Å². The van der Waals surface area contributed by atoms with Crippen LogP contribution >= 0.6 is 28.1 Å². The van der Waals surface area contributed by atoms with Crippen molar-refractivity contribution in [1.29, 1.82) is 0 Å². The van der Waals surface area contributed by atoms with E-state index in [0.29, 0.717) is 5.92 Å². The van der Waals surface area contributed by atoms with Crippen LogP contribution in [-0.4, -0.2) is 9.78 Å². The number of nitrogens with zero attached hydrogens (tertiary/aromatic N) is 1. The van der Waals surface area contributed by atoms with Crippen molar-refractivity contribution in [2.75, 3.05) is 0 Å². The first-order valence-electron chi connectivity index (χ1n) is 6.08. The molecule has 18 heavy (non-hydrogen) atoms. The Morgan fingerprint density at radius 2 is 2.06 bits per heavy atom. The summed E-state index contributed by atoms with van der Waals surface area (Å²) < 4.78 is 4.00. The summed E-state index contributed by atoms with van der Waals surface area (Å²) in [7, 11) is 0. The lowest BCUT2D eigenvalue weighted by Crippen LogP contribution is -2.04. The van der Waals surface area contributed by atoms with Gasteiger partial charge in [-0.05, 0) is 30.0 Å². The van der Waals surface area contributed by atoms with E-state index in [1.54, 1.807) is 0 Å². The average Bonchev–Trinajstić information content (AvgIpc) is 2.61. The Kier molecular flexibility index (Phi) is 4.40. The van der Waals surface area contributed by atoms with Gasteiger partial charge in [0.1, 0.15) is 4.64 Å². The Hall–Kier alpha value is -0.870. The Labute approximate surface area is 121 Å². The van der Waals surface area contributed by atoms with Crippen LogP contribution in [0.25, 0.3) is 0 Å². The number of benzene rings is 1. The second-order valence-corrected chi connectivity index (χ2v) is 6.17. The fourth-order valence-electron chi connectivity index (χ4n) is 1.95. The molecule has 1 aromatic heterocycles. The molecule has 1 heterocycles. The highest BCUT2D eigenvalue weighted by Crippen LogP contribution is 2.17. The van der Waals surface area contributed by atoms with Crippen LogP contribution in [-0.2, 0) is 13.0 Å². The zero-order valence-corrected chi connectivity index (χ0v) is 13.0. The van der Waals surface area contributed by atoms with Gasteiger partial charge in [-0.25, -0.2) is 0 Å². The Morgan fingerprint density at radius 1 is 1.33 bits per heavy atom. The maximum absolute atomic E-state index is 5.38. The molecule has 0 aliphatic carbocycles. The van der Waals surface area contributed by atoms with Gasteiger partial charge in [0.05, 0.1) is 6.54 Å². The minimum Gasteiger partial charge on any atom is -0.301 e. The molecule has 0 unspecified atom stereocenters. The smallest absolute Gasteiger partial charge is 0.122 e. The molecule has 0 saturated heterocycles. The van der Waals surface area contributed by atoms with E-state index in [4.69, 9.17) is 12.2 Å². The molecule has 0 atom stereocenters. The molecule has 2 nitrogen and oxygen atoms in total. The summed E-state index contributed by atoms with van der Waals surface area (Å²) in [6.45, 7) is 5.20. The second kappa shape index (κ2) is 5.85. The van der Waals surface area contributed by atoms with Crippen molar-refractivity contribution in [3.8, 4) is 0 Å². The molecule has 0 fully saturated rings. The first-order chi connectivity index (χ1) is 8.56. The molecule has 0 aliphatic heterocycles. The number of rotatable bonds is 4. The van der Waals surface area contributed by atoms with E-state index in [2.05, 4.69) is 53.1 Å². The average molecular weight is 325 g/mol. The van der Waals surface area contributed by atoms with E-state index in [0.717, 1.165) is 22.1 Å². The maximum Gasteiger partial charge on any atom is 0.122 e. The standard InChI is InChI=1S/C14H17BrN2S/c1-10(2)7-12-8-14(18)17(16-12)9-11-5-3-4-6-13(11)15/h3-6,8,10,16H,7,9H2,1-2H3. The Balaban J connectivity index is 2.22. The number of aromatic nitrogens is 2. The summed E-state index contributed by atoms with van der Waals surface area (Å²) in [5.74, 6) is 0.634. The lowest BCUT2D eigenvalue weighted by Gasteiger charge is -2.06. The molecular formula is C14H17BrN2S. The van der Waals surface area contributed by atoms with Crippen molar-refractivity contribution in [1.82, 2.24) is 9.78 Å². The summed E-state index contributed by atoms with van der Waals surface area (Å²) in [5, 5.41) is 3.38. The second-order valence-electron chi connectivity index (χ2n) is 4.90. The maximum atomic E-state index is 5.38. The minimum absolute atomic E-state index is 0.634.